The van der Waals surface area contributed by atoms with E-state index in [1.807, 2.05) is 25.1 Å². The normalized spacial score (nSPS) is 12.0. The zero-order valence-corrected chi connectivity index (χ0v) is 9.91. The second kappa shape index (κ2) is 5.51. The molecule has 0 aliphatic heterocycles. The third-order valence-electron chi connectivity index (χ3n) is 2.50. The Labute approximate surface area is 95.8 Å². The number of benzene rings is 1. The molecule has 1 aromatic carbocycles. The number of nitrogens with two attached hydrogens (primary N) is 1. The zero-order chi connectivity index (χ0) is 12.1. The average Bonchev–Trinajstić information content (AvgIpc) is 2.28. The summed E-state index contributed by atoms with van der Waals surface area (Å²) in [5.41, 5.74) is 7.82. The molecule has 1 rings (SSSR count). The molecule has 0 heterocycles. The van der Waals surface area contributed by atoms with Crippen molar-refractivity contribution >= 4 is 5.91 Å². The molecule has 0 aliphatic rings. The molecule has 4 nitrogen and oxygen atoms in total. The predicted octanol–water partition coefficient (Wildman–Crippen LogP) is 0.619. The Balaban J connectivity index is 2.75. The lowest BCUT2D eigenvalue weighted by Crippen LogP contribution is -2.40. The van der Waals surface area contributed by atoms with Crippen LogP contribution in [0.15, 0.2) is 18.2 Å². The molecule has 88 valence electrons. The first-order valence-corrected chi connectivity index (χ1v) is 5.19. The van der Waals surface area contributed by atoms with Crippen LogP contribution in [0.1, 0.15) is 11.1 Å². The summed E-state index contributed by atoms with van der Waals surface area (Å²) in [6, 6.07) is 5.30. The number of carbonyl (C=O) groups is 1. The summed E-state index contributed by atoms with van der Waals surface area (Å²) in [6.45, 7) is 1.97. The van der Waals surface area contributed by atoms with Gasteiger partial charge in [-0.2, -0.15) is 0 Å². The van der Waals surface area contributed by atoms with Crippen LogP contribution in [0.4, 0.5) is 0 Å². The number of rotatable bonds is 4. The monoisotopic (exact) mass is 222 g/mol. The molecule has 0 bridgehead atoms. The third kappa shape index (κ3) is 2.97. The summed E-state index contributed by atoms with van der Waals surface area (Å²) < 4.78 is 5.16. The summed E-state index contributed by atoms with van der Waals surface area (Å²) in [4.78, 5) is 11.3. The lowest BCUT2D eigenvalue weighted by molar-refractivity contribution is -0.121. The lowest BCUT2D eigenvalue weighted by Gasteiger charge is -2.11. The molecular formula is C12H18N2O2. The smallest absolute Gasteiger partial charge is 0.237 e. The van der Waals surface area contributed by atoms with Gasteiger partial charge in [0.1, 0.15) is 5.75 Å². The Hall–Kier alpha value is -1.55. The summed E-state index contributed by atoms with van der Waals surface area (Å²) in [5.74, 6) is 0.700. The fourth-order valence-corrected chi connectivity index (χ4v) is 1.60. The van der Waals surface area contributed by atoms with Crippen LogP contribution in [0.2, 0.25) is 0 Å². The highest BCUT2D eigenvalue weighted by molar-refractivity contribution is 5.81. The van der Waals surface area contributed by atoms with Gasteiger partial charge in [0.05, 0.1) is 13.2 Å². The van der Waals surface area contributed by atoms with Crippen molar-refractivity contribution in [2.75, 3.05) is 14.2 Å². The molecule has 1 aromatic rings. The van der Waals surface area contributed by atoms with Crippen LogP contribution in [-0.2, 0) is 11.2 Å². The number of methoxy groups -OCH3 is 1. The van der Waals surface area contributed by atoms with E-state index in [1.54, 1.807) is 14.2 Å². The van der Waals surface area contributed by atoms with Gasteiger partial charge in [-0.05, 0) is 30.5 Å². The highest BCUT2D eigenvalue weighted by Gasteiger charge is 2.12. The van der Waals surface area contributed by atoms with Gasteiger partial charge in [-0.25, -0.2) is 0 Å². The highest BCUT2D eigenvalue weighted by Crippen LogP contribution is 2.19. The molecule has 0 radical (unpaired) electrons. The number of amides is 1. The van der Waals surface area contributed by atoms with Crippen LogP contribution >= 0.6 is 0 Å². The fourth-order valence-electron chi connectivity index (χ4n) is 1.60. The second-order valence-corrected chi connectivity index (χ2v) is 3.73. The maximum absolute atomic E-state index is 11.3. The summed E-state index contributed by atoms with van der Waals surface area (Å²) in [7, 11) is 3.22. The number of hydrogen-bond donors (Lipinski definition) is 2. The second-order valence-electron chi connectivity index (χ2n) is 3.73. The molecule has 3 N–H and O–H groups in total. The van der Waals surface area contributed by atoms with Crippen molar-refractivity contribution in [3.8, 4) is 5.75 Å². The van der Waals surface area contributed by atoms with Gasteiger partial charge in [-0.15, -0.1) is 0 Å². The molecule has 16 heavy (non-hydrogen) atoms. The fraction of sp³-hybridized carbons (Fsp3) is 0.417. The molecule has 0 fully saturated rings. The van der Waals surface area contributed by atoms with E-state index in [0.717, 1.165) is 16.9 Å². The van der Waals surface area contributed by atoms with E-state index >= 15 is 0 Å². The van der Waals surface area contributed by atoms with Crippen molar-refractivity contribution in [1.82, 2.24) is 5.32 Å². The van der Waals surface area contributed by atoms with Crippen molar-refractivity contribution in [2.45, 2.75) is 19.4 Å². The van der Waals surface area contributed by atoms with Crippen molar-refractivity contribution < 1.29 is 9.53 Å². The summed E-state index contributed by atoms with van der Waals surface area (Å²) in [6.07, 6.45) is 0.532. The van der Waals surface area contributed by atoms with Gasteiger partial charge in [0.2, 0.25) is 5.91 Å². The first kappa shape index (κ1) is 12.5. The van der Waals surface area contributed by atoms with Crippen LogP contribution in [-0.4, -0.2) is 26.1 Å². The first-order chi connectivity index (χ1) is 7.58. The number of aryl methyl sites for hydroxylation is 1. The van der Waals surface area contributed by atoms with Crippen molar-refractivity contribution in [1.29, 1.82) is 0 Å². The van der Waals surface area contributed by atoms with Gasteiger partial charge in [-0.3, -0.25) is 4.79 Å². The molecule has 0 saturated heterocycles. The van der Waals surface area contributed by atoms with E-state index in [2.05, 4.69) is 5.32 Å². The Morgan fingerprint density at radius 1 is 1.56 bits per heavy atom. The van der Waals surface area contributed by atoms with E-state index in [9.17, 15) is 4.79 Å². The molecule has 1 amide bonds. The summed E-state index contributed by atoms with van der Waals surface area (Å²) >= 11 is 0. The van der Waals surface area contributed by atoms with Crippen LogP contribution in [0.25, 0.3) is 0 Å². The van der Waals surface area contributed by atoms with Gasteiger partial charge in [0.15, 0.2) is 0 Å². The van der Waals surface area contributed by atoms with Gasteiger partial charge in [0, 0.05) is 7.05 Å². The Morgan fingerprint density at radius 2 is 2.25 bits per heavy atom. The molecular weight excluding hydrogens is 204 g/mol. The molecule has 0 spiro atoms. The molecule has 4 heteroatoms. The molecule has 1 unspecified atom stereocenters. The maximum atomic E-state index is 11.3. The minimum Gasteiger partial charge on any atom is -0.496 e. The quantitative estimate of drug-likeness (QED) is 0.785. The number of carbonyl (C=O) groups excluding carboxylic acids is 1. The predicted molar refractivity (Wildman–Crippen MR) is 63.5 cm³/mol. The van der Waals surface area contributed by atoms with Crippen LogP contribution in [0, 0.1) is 6.92 Å². The Morgan fingerprint density at radius 3 is 2.75 bits per heavy atom. The van der Waals surface area contributed by atoms with Gasteiger partial charge in [0.25, 0.3) is 0 Å². The SMILES string of the molecule is CNC(=O)C(N)Cc1ccc(OC)c(C)c1. The third-order valence-corrected chi connectivity index (χ3v) is 2.50. The van der Waals surface area contributed by atoms with E-state index in [4.69, 9.17) is 10.5 Å². The van der Waals surface area contributed by atoms with E-state index < -0.39 is 6.04 Å². The lowest BCUT2D eigenvalue weighted by atomic mass is 10.0. The van der Waals surface area contributed by atoms with Gasteiger partial charge >= 0.3 is 0 Å². The van der Waals surface area contributed by atoms with Crippen LogP contribution in [0.3, 0.4) is 0 Å². The number of nitrogens with one attached hydrogen (secondary N) is 1. The highest BCUT2D eigenvalue weighted by atomic mass is 16.5. The summed E-state index contributed by atoms with van der Waals surface area (Å²) in [5, 5.41) is 2.53. The molecule has 0 aromatic heterocycles. The van der Waals surface area contributed by atoms with Crippen molar-refractivity contribution in [3.63, 3.8) is 0 Å². The molecule has 0 saturated carbocycles. The molecule has 1 atom stereocenters. The zero-order valence-electron chi connectivity index (χ0n) is 9.91. The number of hydrogen-bond acceptors (Lipinski definition) is 3. The Kier molecular flexibility index (Phi) is 4.31. The molecule has 0 aliphatic carbocycles. The minimum atomic E-state index is -0.502. The van der Waals surface area contributed by atoms with Crippen LogP contribution < -0.4 is 15.8 Å². The Bertz CT molecular complexity index is 377. The van der Waals surface area contributed by atoms with Crippen molar-refractivity contribution in [3.05, 3.63) is 29.3 Å². The standard InChI is InChI=1S/C12H18N2O2/c1-8-6-9(4-5-11(8)16-3)7-10(13)12(15)14-2/h4-6,10H,7,13H2,1-3H3,(H,14,15). The number of ether oxygens (including phenoxy) is 1. The average molecular weight is 222 g/mol. The number of likely N-dealkylation sites (N-methyl/N-ethyl adjacent to an activating group) is 1. The van der Waals surface area contributed by atoms with E-state index in [0.29, 0.717) is 6.42 Å². The maximum Gasteiger partial charge on any atom is 0.237 e. The van der Waals surface area contributed by atoms with Crippen LogP contribution in [0.5, 0.6) is 5.75 Å². The van der Waals surface area contributed by atoms with Gasteiger partial charge < -0.3 is 15.8 Å². The minimum absolute atomic E-state index is 0.145. The van der Waals surface area contributed by atoms with Gasteiger partial charge in [-0.1, -0.05) is 12.1 Å². The topological polar surface area (TPSA) is 64.4 Å². The largest absolute Gasteiger partial charge is 0.496 e. The first-order valence-electron chi connectivity index (χ1n) is 5.19. The van der Waals surface area contributed by atoms with Crippen molar-refractivity contribution in [2.24, 2.45) is 5.73 Å². The van der Waals surface area contributed by atoms with E-state index in [-0.39, 0.29) is 5.91 Å². The van der Waals surface area contributed by atoms with E-state index in [1.165, 1.54) is 0 Å².